The van der Waals surface area contributed by atoms with Crippen LogP contribution in [0.25, 0.3) is 0 Å². The first-order chi connectivity index (χ1) is 3.39. The second-order valence-electron chi connectivity index (χ2n) is 0.945. The second kappa shape index (κ2) is 1.51. The summed E-state index contributed by atoms with van der Waals surface area (Å²) in [6, 6.07) is 0. The summed E-state index contributed by atoms with van der Waals surface area (Å²) in [5, 5.41) is 6.66. The topological polar surface area (TPSA) is 64.7 Å². The molecule has 2 N–H and O–H groups in total. The molecule has 0 amide bonds. The maximum atomic E-state index is 5.05. The molecule has 0 aliphatic rings. The molecule has 0 atom stereocenters. The highest BCUT2D eigenvalue weighted by Gasteiger charge is 1.77. The summed E-state index contributed by atoms with van der Waals surface area (Å²) in [4.78, 5) is 3.53. The molecule has 0 fully saturated rings. The molecule has 7 heavy (non-hydrogen) atoms. The molecule has 0 saturated carbocycles. The second-order valence-corrected chi connectivity index (χ2v) is 0.945. The van der Waals surface area contributed by atoms with E-state index < -0.39 is 0 Å². The predicted octanol–water partition coefficient (Wildman–Crippen LogP) is -0.746. The van der Waals surface area contributed by atoms with Crippen molar-refractivity contribution in [3.8, 4) is 0 Å². The molecule has 1 rings (SSSR count). The Morgan fingerprint density at radius 3 is 2.86 bits per heavy atom. The molecule has 1 aromatic rings. The lowest BCUT2D eigenvalue weighted by molar-refractivity contribution is 0.977. The van der Waals surface area contributed by atoms with Crippen LogP contribution in [-0.2, 0) is 0 Å². The van der Waals surface area contributed by atoms with E-state index in [9.17, 15) is 0 Å². The van der Waals surface area contributed by atoms with Gasteiger partial charge in [0.05, 0.1) is 6.20 Å². The highest BCUT2D eigenvalue weighted by atomic mass is 15.2. The van der Waals surface area contributed by atoms with E-state index in [0.717, 1.165) is 0 Å². The van der Waals surface area contributed by atoms with Gasteiger partial charge in [0.1, 0.15) is 6.20 Å². The number of anilines is 1. The molecule has 1 heterocycles. The van der Waals surface area contributed by atoms with E-state index in [1.54, 1.807) is 0 Å². The molecule has 0 unspecified atom stereocenters. The Morgan fingerprint density at radius 1 is 1.71 bits per heavy atom. The number of hydrogen-bond acceptors (Lipinski definition) is 4. The van der Waals surface area contributed by atoms with E-state index in [4.69, 9.17) is 5.73 Å². The van der Waals surface area contributed by atoms with Crippen molar-refractivity contribution in [2.45, 2.75) is 0 Å². The van der Waals surface area contributed by atoms with Crippen LogP contribution < -0.4 is 5.73 Å². The Morgan fingerprint density at radius 2 is 2.57 bits per heavy atom. The van der Waals surface area contributed by atoms with E-state index in [1.807, 2.05) is 0 Å². The molecule has 0 aliphatic heterocycles. The van der Waals surface area contributed by atoms with Crippen molar-refractivity contribution in [3.05, 3.63) is 12.4 Å². The van der Waals surface area contributed by atoms with Crippen LogP contribution in [0.15, 0.2) is 6.20 Å². The van der Waals surface area contributed by atoms with Crippen molar-refractivity contribution in [1.82, 2.24) is 15.2 Å². The number of hydrogen-bond donors (Lipinski definition) is 1. The van der Waals surface area contributed by atoms with Crippen molar-refractivity contribution in [1.29, 1.82) is 0 Å². The summed E-state index contributed by atoms with van der Waals surface area (Å²) in [5.74, 6) is 0.179. The summed E-state index contributed by atoms with van der Waals surface area (Å²) < 4.78 is 0. The summed E-state index contributed by atoms with van der Waals surface area (Å²) >= 11 is 0. The Hall–Kier alpha value is -1.19. The monoisotopic (exact) mass is 95.0 g/mol. The third-order valence-electron chi connectivity index (χ3n) is 0.465. The van der Waals surface area contributed by atoms with E-state index in [1.165, 1.54) is 6.20 Å². The van der Waals surface area contributed by atoms with Gasteiger partial charge in [0.25, 0.3) is 0 Å². The SMILES string of the molecule is Nc1nc[c]nn1. The molecule has 4 nitrogen and oxygen atoms in total. The predicted molar refractivity (Wildman–Crippen MR) is 23.1 cm³/mol. The Kier molecular flexibility index (Phi) is 0.856. The minimum Gasteiger partial charge on any atom is -0.366 e. The van der Waals surface area contributed by atoms with Crippen molar-refractivity contribution in [2.24, 2.45) is 0 Å². The molecule has 0 aliphatic carbocycles. The van der Waals surface area contributed by atoms with E-state index in [0.29, 0.717) is 0 Å². The summed E-state index contributed by atoms with van der Waals surface area (Å²) in [5.41, 5.74) is 5.05. The van der Waals surface area contributed by atoms with E-state index in [-0.39, 0.29) is 5.95 Å². The normalized spacial score (nSPS) is 8.57. The first-order valence-electron chi connectivity index (χ1n) is 1.71. The number of nitrogens with zero attached hydrogens (tertiary/aromatic N) is 3. The lowest BCUT2D eigenvalue weighted by Gasteiger charge is -1.79. The highest BCUT2D eigenvalue weighted by molar-refractivity contribution is 5.07. The van der Waals surface area contributed by atoms with Crippen LogP contribution in [0.3, 0.4) is 0 Å². The van der Waals surface area contributed by atoms with Gasteiger partial charge in [-0.25, -0.2) is 4.98 Å². The van der Waals surface area contributed by atoms with Crippen LogP contribution in [0.2, 0.25) is 0 Å². The third-order valence-corrected chi connectivity index (χ3v) is 0.465. The summed E-state index contributed by atoms with van der Waals surface area (Å²) in [6.07, 6.45) is 3.74. The standard InChI is InChI=1S/C3H3N4/c4-3-5-1-2-6-7-3/h1H,(H2,4,5,7). The molecular weight excluding hydrogens is 92.1 g/mol. The number of rotatable bonds is 0. The molecule has 1 aromatic heterocycles. The number of nitrogen functional groups attached to an aromatic ring is 1. The van der Waals surface area contributed by atoms with Crippen molar-refractivity contribution >= 4 is 5.95 Å². The maximum absolute atomic E-state index is 5.05. The Balaban J connectivity index is 3.02. The average molecular weight is 95.1 g/mol. The van der Waals surface area contributed by atoms with E-state index in [2.05, 4.69) is 21.4 Å². The minimum absolute atomic E-state index is 0.179. The minimum atomic E-state index is 0.179. The van der Waals surface area contributed by atoms with Gasteiger partial charge < -0.3 is 5.73 Å². The van der Waals surface area contributed by atoms with E-state index >= 15 is 0 Å². The van der Waals surface area contributed by atoms with Crippen molar-refractivity contribution in [3.63, 3.8) is 0 Å². The van der Waals surface area contributed by atoms with Crippen molar-refractivity contribution < 1.29 is 0 Å². The molecule has 0 bridgehead atoms. The van der Waals surface area contributed by atoms with Crippen LogP contribution in [0.4, 0.5) is 5.95 Å². The third kappa shape index (κ3) is 0.819. The van der Waals surface area contributed by atoms with Crippen LogP contribution >= 0.6 is 0 Å². The highest BCUT2D eigenvalue weighted by Crippen LogP contribution is 1.76. The fraction of sp³-hybridized carbons (Fsp3) is 0. The van der Waals surface area contributed by atoms with Gasteiger partial charge >= 0.3 is 0 Å². The lowest BCUT2D eigenvalue weighted by atomic mass is 10.9. The largest absolute Gasteiger partial charge is 0.366 e. The van der Waals surface area contributed by atoms with Gasteiger partial charge in [-0.1, -0.05) is 0 Å². The van der Waals surface area contributed by atoms with Crippen LogP contribution in [-0.4, -0.2) is 15.2 Å². The fourth-order valence-corrected chi connectivity index (χ4v) is 0.227. The Bertz CT molecular complexity index is 137. The molecule has 0 saturated heterocycles. The van der Waals surface area contributed by atoms with Gasteiger partial charge in [0, 0.05) is 0 Å². The van der Waals surface area contributed by atoms with Gasteiger partial charge in [-0.3, -0.25) is 0 Å². The summed E-state index contributed by atoms with van der Waals surface area (Å²) in [6.45, 7) is 0. The van der Waals surface area contributed by atoms with Gasteiger partial charge in [-0.15, -0.1) is 10.2 Å². The quantitative estimate of drug-likeness (QED) is 0.460. The van der Waals surface area contributed by atoms with Crippen LogP contribution in [0.1, 0.15) is 0 Å². The lowest BCUT2D eigenvalue weighted by Crippen LogP contribution is -1.93. The fourth-order valence-electron chi connectivity index (χ4n) is 0.227. The molecule has 0 aromatic carbocycles. The number of aromatic nitrogens is 3. The van der Waals surface area contributed by atoms with Gasteiger partial charge in [0.2, 0.25) is 5.95 Å². The van der Waals surface area contributed by atoms with Gasteiger partial charge in [-0.2, -0.15) is 0 Å². The zero-order valence-electron chi connectivity index (χ0n) is 3.50. The van der Waals surface area contributed by atoms with Crippen molar-refractivity contribution in [2.75, 3.05) is 5.73 Å². The Labute approximate surface area is 40.4 Å². The molecule has 1 radical (unpaired) electrons. The van der Waals surface area contributed by atoms with Gasteiger partial charge in [0.15, 0.2) is 0 Å². The zero-order chi connectivity index (χ0) is 5.11. The first-order valence-corrected chi connectivity index (χ1v) is 1.71. The van der Waals surface area contributed by atoms with Gasteiger partial charge in [-0.05, 0) is 0 Å². The number of nitrogens with two attached hydrogens (primary N) is 1. The summed E-state index contributed by atoms with van der Waals surface area (Å²) in [7, 11) is 0. The molecule has 0 spiro atoms. The molecule has 4 heteroatoms. The van der Waals surface area contributed by atoms with Crippen LogP contribution in [0.5, 0.6) is 0 Å². The molecular formula is C3H3N4. The maximum Gasteiger partial charge on any atom is 0.240 e. The van der Waals surface area contributed by atoms with Crippen LogP contribution in [0, 0.1) is 6.20 Å². The average Bonchev–Trinajstić information content (AvgIpc) is 1.69. The first kappa shape index (κ1) is 3.98. The zero-order valence-corrected chi connectivity index (χ0v) is 3.50. The molecule has 35 valence electrons. The smallest absolute Gasteiger partial charge is 0.240 e.